The van der Waals surface area contributed by atoms with Crippen LogP contribution in [0.2, 0.25) is 0 Å². The summed E-state index contributed by atoms with van der Waals surface area (Å²) in [6.45, 7) is 14.4. The molecule has 8 aromatic rings. The molecule has 3 aliphatic rings. The lowest BCUT2D eigenvalue weighted by Crippen LogP contribution is -2.17. The van der Waals surface area contributed by atoms with E-state index in [2.05, 4.69) is 91.3 Å². The van der Waals surface area contributed by atoms with Gasteiger partial charge in [-0.1, -0.05) is 58.2 Å². The zero-order valence-corrected chi connectivity index (χ0v) is 75.8. The molecule has 131 heavy (non-hydrogen) atoms. The molecule has 11 rings (SSSR count). The molecule has 6 N–H and O–H groups in total. The van der Waals surface area contributed by atoms with E-state index < -0.39 is 41.8 Å². The van der Waals surface area contributed by atoms with Gasteiger partial charge in [0.1, 0.15) is 84.1 Å². The number of aliphatic hydroxyl groups is 3. The highest BCUT2D eigenvalue weighted by molar-refractivity contribution is 9.09. The topological polar surface area (TPSA) is 502 Å². The molecule has 3 heterocycles. The van der Waals surface area contributed by atoms with E-state index in [4.69, 9.17) is 87.5 Å². The number of cyclic esters (lactones) is 3. The van der Waals surface area contributed by atoms with Gasteiger partial charge < -0.3 is 121 Å². The number of aromatic hydroxyl groups is 1. The van der Waals surface area contributed by atoms with Gasteiger partial charge in [0.2, 0.25) is 0 Å². The van der Waals surface area contributed by atoms with Crippen molar-refractivity contribution in [1.82, 2.24) is 0 Å². The Bertz CT molecular complexity index is 4660. The maximum absolute atomic E-state index is 11.2. The van der Waals surface area contributed by atoms with Gasteiger partial charge in [0.05, 0.1) is 99.8 Å². The van der Waals surface area contributed by atoms with Crippen LogP contribution in [0.3, 0.4) is 0 Å². The Morgan fingerprint density at radius 3 is 0.672 bits per heavy atom. The number of rotatable bonds is 29. The number of ether oxygens (including phenoxy) is 19. The van der Waals surface area contributed by atoms with E-state index in [1.807, 2.05) is 0 Å². The van der Waals surface area contributed by atoms with Crippen LogP contribution < -0.4 is 33.2 Å². The summed E-state index contributed by atoms with van der Waals surface area (Å²) in [7, 11) is 12.4. The van der Waals surface area contributed by atoms with Crippen molar-refractivity contribution in [2.75, 3.05) is 122 Å². The second kappa shape index (κ2) is 64.3. The number of halogens is 2. The van der Waals surface area contributed by atoms with Crippen LogP contribution in [0.15, 0.2) is 243 Å². The Hall–Kier alpha value is -14.5. The molecule has 0 aliphatic carbocycles. The van der Waals surface area contributed by atoms with Crippen LogP contribution in [-0.4, -0.2) is 242 Å². The highest BCUT2D eigenvalue weighted by atomic mass is 79.9. The van der Waals surface area contributed by atoms with Gasteiger partial charge in [0, 0.05) is 61.1 Å². The first-order chi connectivity index (χ1) is 62.7. The molecule has 0 saturated carbocycles. The molecule has 3 saturated heterocycles. The lowest BCUT2D eigenvalue weighted by molar-refractivity contribution is -0.140. The van der Waals surface area contributed by atoms with Crippen molar-refractivity contribution in [1.29, 1.82) is 0 Å². The molecular formula is C92H100Br2O37. The van der Waals surface area contributed by atoms with Crippen LogP contribution in [0.5, 0.6) is 46.0 Å². The average Bonchev–Trinajstić information content (AvgIpc) is 1.72. The SMILES string of the molecule is C=C(CBr)C(=O)O.C=C1CC(COc2ccc(C(=O)O)cc2)OC1=O.C=C1CC(COc2ccc(C(=O)OC)cc2)OC1=O.C=C1CC(COc2ccc(C(=O)OC)cc2)OC1=O.COC(=O)c1ccc(O)cc1.COC(=O)c1ccc(OCO)cc1.COC(=O)c1ccc(OCO)cc1.COCOc1ccc(C(=O)OC)cc1.COCOc1ccc(C(=O)OC)cc1.OCBr. The largest absolute Gasteiger partial charge is 0.508 e. The molecule has 0 amide bonds. The molecule has 0 aromatic heterocycles. The molecule has 3 fully saturated rings. The Labute approximate surface area is 770 Å². The van der Waals surface area contributed by atoms with Crippen molar-refractivity contribution < 1.29 is 178 Å². The summed E-state index contributed by atoms with van der Waals surface area (Å²) in [6, 6.07) is 50.9. The minimum Gasteiger partial charge on any atom is -0.508 e. The number of methoxy groups -OCH3 is 9. The van der Waals surface area contributed by atoms with Crippen LogP contribution in [0.25, 0.3) is 0 Å². The van der Waals surface area contributed by atoms with Crippen LogP contribution in [0.4, 0.5) is 0 Å². The molecule has 0 radical (unpaired) electrons. The first-order valence-corrected chi connectivity index (χ1v) is 40.1. The number of carboxylic acids is 2. The number of hydrogen-bond acceptors (Lipinski definition) is 35. The number of aliphatic carboxylic acids is 1. The fourth-order valence-corrected chi connectivity index (χ4v) is 9.69. The van der Waals surface area contributed by atoms with E-state index in [0.717, 1.165) is 0 Å². The molecule has 3 atom stereocenters. The first kappa shape index (κ1) is 113. The monoisotopic (exact) mass is 1950 g/mol. The average molecular weight is 1960 g/mol. The summed E-state index contributed by atoms with van der Waals surface area (Å²) in [5, 5.41) is 50.3. The molecule has 0 spiro atoms. The summed E-state index contributed by atoms with van der Waals surface area (Å²) in [4.78, 5) is 131. The van der Waals surface area contributed by atoms with E-state index in [1.165, 1.54) is 86.2 Å². The highest BCUT2D eigenvalue weighted by Gasteiger charge is 2.30. The van der Waals surface area contributed by atoms with Gasteiger partial charge in [-0.25, -0.2) is 57.5 Å². The highest BCUT2D eigenvalue weighted by Crippen LogP contribution is 2.25. The van der Waals surface area contributed by atoms with Crippen molar-refractivity contribution in [3.63, 3.8) is 0 Å². The maximum atomic E-state index is 11.2. The zero-order chi connectivity index (χ0) is 97.8. The number of benzene rings is 8. The van der Waals surface area contributed by atoms with Crippen molar-refractivity contribution in [2.45, 2.75) is 37.6 Å². The van der Waals surface area contributed by atoms with Gasteiger partial charge in [0.15, 0.2) is 27.2 Å². The lowest BCUT2D eigenvalue weighted by Gasteiger charge is -2.11. The van der Waals surface area contributed by atoms with Gasteiger partial charge in [-0.2, -0.15) is 0 Å². The van der Waals surface area contributed by atoms with Gasteiger partial charge >= 0.3 is 71.6 Å². The third-order valence-electron chi connectivity index (χ3n) is 16.1. The van der Waals surface area contributed by atoms with E-state index >= 15 is 0 Å². The Morgan fingerprint density at radius 1 is 0.328 bits per heavy atom. The van der Waals surface area contributed by atoms with E-state index in [1.54, 1.807) is 172 Å². The van der Waals surface area contributed by atoms with Crippen molar-refractivity contribution in [2.24, 2.45) is 0 Å². The Balaban J connectivity index is 0.000000502. The molecule has 37 nitrogen and oxygen atoms in total. The van der Waals surface area contributed by atoms with Gasteiger partial charge in [0.25, 0.3) is 0 Å². The number of carbonyl (C=O) groups excluding carboxylic acids is 10. The summed E-state index contributed by atoms with van der Waals surface area (Å²) < 4.78 is 92.5. The molecular weight excluding hydrogens is 1860 g/mol. The smallest absolute Gasteiger partial charge is 0.337 e. The number of alkyl halides is 2. The van der Waals surface area contributed by atoms with E-state index in [0.29, 0.717) is 121 Å². The molecule has 3 aliphatic heterocycles. The Morgan fingerprint density at radius 2 is 0.519 bits per heavy atom. The molecule has 3 unspecified atom stereocenters. The third-order valence-corrected chi connectivity index (χ3v) is 16.7. The number of hydrogen-bond donors (Lipinski definition) is 6. The van der Waals surface area contributed by atoms with Crippen molar-refractivity contribution in [3.05, 3.63) is 287 Å². The van der Waals surface area contributed by atoms with Crippen molar-refractivity contribution in [3.8, 4) is 46.0 Å². The second-order valence-corrected chi connectivity index (χ2v) is 26.3. The predicted octanol–water partition coefficient (Wildman–Crippen LogP) is 12.1. The summed E-state index contributed by atoms with van der Waals surface area (Å²) in [5.41, 5.74) is 5.07. The minimum absolute atomic E-state index is 0.0625. The first-order valence-electron chi connectivity index (χ1n) is 37.9. The van der Waals surface area contributed by atoms with Crippen LogP contribution in [0, 0.1) is 0 Å². The number of carbonyl (C=O) groups is 12. The quantitative estimate of drug-likeness (QED) is 0.00833. The summed E-state index contributed by atoms with van der Waals surface area (Å²) in [6.07, 6.45) is 0.536. The fraction of sp³-hybridized carbons (Fsp3) is 0.261. The van der Waals surface area contributed by atoms with Gasteiger partial charge in [-0.3, -0.25) is 0 Å². The number of phenols is 1. The molecule has 8 aromatic carbocycles. The standard InChI is InChI=1S/2C14H14O5.C13H12O5.2C10H12O4.2C9H10O4.C8H8O3.C4H5BrO2.CH3BrO/c2*1-9-7-12(19-13(9)15)8-18-11-5-3-10(4-6-11)14(16)17-2;1-8-6-11(18-13(8)16)7-17-10-4-2-9(3-5-10)12(14)15;2*1-12-7-14-9-5-3-8(4-6-9)10(11)13-2;2*1-12-9(11)7-2-4-8(5-3-7)13-6-10;1-11-8(10)6-2-4-7(9)5-3-6;1-3(2-5)4(6)7;2-1-3/h2*3-6,12H,1,7-8H2,2H3;2-5,11H,1,6-7H2,(H,14,15);2*3-6H,7H2,1-2H3;2*2-5,10H,6H2,1H3;2-5,9H,1H3;1-2H2,(H,6,7);3H,1H2. The van der Waals surface area contributed by atoms with Crippen LogP contribution in [-0.2, 0) is 76.0 Å². The number of aliphatic hydroxyl groups excluding tert-OH is 3. The fourth-order valence-electron chi connectivity index (χ4n) is 9.45. The Kier molecular flexibility index (Phi) is 55.2. The van der Waals surface area contributed by atoms with Crippen molar-refractivity contribution >= 4 is 103 Å². The number of esters is 10. The van der Waals surface area contributed by atoms with Crippen LogP contribution in [0.1, 0.15) is 102 Å². The third kappa shape index (κ3) is 44.7. The van der Waals surface area contributed by atoms with E-state index in [9.17, 15) is 57.5 Å². The second-order valence-electron chi connectivity index (χ2n) is 25.2. The minimum atomic E-state index is -0.984. The molecule has 39 heteroatoms. The number of carboxylic acid groups (broad SMARTS) is 2. The predicted molar refractivity (Wildman–Crippen MR) is 474 cm³/mol. The van der Waals surface area contributed by atoms with Gasteiger partial charge in [-0.15, -0.1) is 0 Å². The summed E-state index contributed by atoms with van der Waals surface area (Å²) >= 11 is 5.64. The van der Waals surface area contributed by atoms with E-state index in [-0.39, 0.29) is 118 Å². The normalized spacial score (nSPS) is 13.0. The molecule has 0 bridgehead atoms. The zero-order valence-electron chi connectivity index (χ0n) is 72.6. The lowest BCUT2D eigenvalue weighted by atomic mass is 10.2. The summed E-state index contributed by atoms with van der Waals surface area (Å²) in [5.74, 6) is -1.55. The number of aromatic carboxylic acids is 1. The molecule has 704 valence electrons. The maximum Gasteiger partial charge on any atom is 0.337 e. The van der Waals surface area contributed by atoms with Crippen LogP contribution >= 0.6 is 31.9 Å². The number of phenolic OH excluding ortho intramolecular Hbond substituents is 1. The van der Waals surface area contributed by atoms with Gasteiger partial charge in [-0.05, 0) is 194 Å².